The maximum Gasteiger partial charge on any atom is 0.143 e. The van der Waals surface area contributed by atoms with Crippen LogP contribution in [0.2, 0.25) is 0 Å². The molecule has 1 heterocycles. The van der Waals surface area contributed by atoms with Crippen LogP contribution in [0.25, 0.3) is 0 Å². The van der Waals surface area contributed by atoms with Gasteiger partial charge in [0.15, 0.2) is 0 Å². The maximum absolute atomic E-state index is 13.2. The number of benzene rings is 1. The number of halogens is 1. The normalized spacial score (nSPS) is 12.2. The van der Waals surface area contributed by atoms with E-state index in [-0.39, 0.29) is 5.82 Å². The molecule has 1 atom stereocenters. The summed E-state index contributed by atoms with van der Waals surface area (Å²) in [6.07, 6.45) is 0.651. The van der Waals surface area contributed by atoms with Crippen LogP contribution in [0.4, 0.5) is 4.39 Å². The topological polar surface area (TPSA) is 42.4 Å². The Morgan fingerprint density at radius 2 is 2.11 bits per heavy atom. The van der Waals surface area contributed by atoms with Gasteiger partial charge >= 0.3 is 0 Å². The summed E-state index contributed by atoms with van der Waals surface area (Å²) in [7, 11) is 1.52. The molecule has 0 radical (unpaired) electrons. The highest BCUT2D eigenvalue weighted by molar-refractivity contribution is 5.36. The fourth-order valence-electron chi connectivity index (χ4n) is 1.78. The molecule has 94 valence electrons. The molecule has 0 saturated carbocycles. The second-order valence-corrected chi connectivity index (χ2v) is 4.00. The van der Waals surface area contributed by atoms with Gasteiger partial charge in [-0.05, 0) is 36.2 Å². The number of aliphatic hydroxyl groups excluding tert-OH is 1. The molecular formula is C14H14FNO2. The number of aliphatic hydroxyl groups is 1. The monoisotopic (exact) mass is 247 g/mol. The number of methoxy groups -OCH3 is 1. The summed E-state index contributed by atoms with van der Waals surface area (Å²) in [6, 6.07) is 7.94. The quantitative estimate of drug-likeness (QED) is 0.906. The predicted molar refractivity (Wildman–Crippen MR) is 66.0 cm³/mol. The van der Waals surface area contributed by atoms with Crippen molar-refractivity contribution in [2.75, 3.05) is 7.11 Å². The average Bonchev–Trinajstić information content (AvgIpc) is 2.41. The Morgan fingerprint density at radius 1 is 1.33 bits per heavy atom. The molecule has 0 saturated heterocycles. The van der Waals surface area contributed by atoms with Gasteiger partial charge in [0.05, 0.1) is 7.11 Å². The number of aromatic nitrogens is 1. The van der Waals surface area contributed by atoms with Crippen molar-refractivity contribution in [3.8, 4) is 5.75 Å². The zero-order valence-corrected chi connectivity index (χ0v) is 10.2. The van der Waals surface area contributed by atoms with Crippen LogP contribution in [0.3, 0.4) is 0 Å². The third kappa shape index (κ3) is 2.33. The summed E-state index contributed by atoms with van der Waals surface area (Å²) >= 11 is 0. The van der Waals surface area contributed by atoms with Crippen molar-refractivity contribution < 1.29 is 14.2 Å². The van der Waals surface area contributed by atoms with E-state index < -0.39 is 6.10 Å². The molecule has 0 fully saturated rings. The average molecular weight is 247 g/mol. The Bertz CT molecular complexity index is 557. The summed E-state index contributed by atoms with van der Waals surface area (Å²) in [4.78, 5) is 4.11. The van der Waals surface area contributed by atoms with Crippen molar-refractivity contribution in [2.45, 2.75) is 13.0 Å². The Hall–Kier alpha value is -1.94. The van der Waals surface area contributed by atoms with Crippen molar-refractivity contribution >= 4 is 0 Å². The minimum absolute atomic E-state index is 0.293. The standard InChI is InChI=1S/C14H14FNO2/c1-9-8-10(5-6-11(9)15)14(17)13-12(18-2)4-3-7-16-13/h3-8,14,17H,1-2H3. The van der Waals surface area contributed by atoms with Crippen LogP contribution in [0, 0.1) is 12.7 Å². The number of aryl methyl sites for hydroxylation is 1. The van der Waals surface area contributed by atoms with E-state index >= 15 is 0 Å². The molecule has 1 aromatic carbocycles. The summed E-state index contributed by atoms with van der Waals surface area (Å²) < 4.78 is 18.3. The van der Waals surface area contributed by atoms with E-state index in [4.69, 9.17) is 4.74 Å². The van der Waals surface area contributed by atoms with Crippen molar-refractivity contribution in [1.82, 2.24) is 4.98 Å². The first-order chi connectivity index (χ1) is 8.63. The minimum Gasteiger partial charge on any atom is -0.495 e. The van der Waals surface area contributed by atoms with Crippen molar-refractivity contribution in [1.29, 1.82) is 0 Å². The maximum atomic E-state index is 13.2. The first-order valence-electron chi connectivity index (χ1n) is 5.56. The van der Waals surface area contributed by atoms with Gasteiger partial charge in [0, 0.05) is 6.20 Å². The SMILES string of the molecule is COc1cccnc1C(O)c1ccc(F)c(C)c1. The Balaban J connectivity index is 2.41. The largest absolute Gasteiger partial charge is 0.495 e. The predicted octanol–water partition coefficient (Wildman–Crippen LogP) is 2.62. The number of pyridine rings is 1. The number of hydrogen-bond acceptors (Lipinski definition) is 3. The van der Waals surface area contributed by atoms with Gasteiger partial charge in [-0.15, -0.1) is 0 Å². The van der Waals surface area contributed by atoms with E-state index in [1.807, 2.05) is 0 Å². The number of ether oxygens (including phenoxy) is 1. The van der Waals surface area contributed by atoms with E-state index in [0.29, 0.717) is 22.6 Å². The molecule has 1 aromatic heterocycles. The highest BCUT2D eigenvalue weighted by Crippen LogP contribution is 2.28. The van der Waals surface area contributed by atoms with E-state index in [1.165, 1.54) is 13.2 Å². The zero-order chi connectivity index (χ0) is 13.1. The molecule has 2 aromatic rings. The molecule has 1 N–H and O–H groups in total. The van der Waals surface area contributed by atoms with Crippen LogP contribution in [-0.2, 0) is 0 Å². The van der Waals surface area contributed by atoms with E-state index in [1.54, 1.807) is 37.4 Å². The van der Waals surface area contributed by atoms with Crippen molar-refractivity contribution in [2.24, 2.45) is 0 Å². The molecule has 0 amide bonds. The van der Waals surface area contributed by atoms with E-state index in [2.05, 4.69) is 4.98 Å². The first-order valence-corrected chi connectivity index (χ1v) is 5.56. The van der Waals surface area contributed by atoms with Gasteiger partial charge in [-0.3, -0.25) is 4.98 Å². The second-order valence-electron chi connectivity index (χ2n) is 4.00. The number of rotatable bonds is 3. The molecule has 4 heteroatoms. The van der Waals surface area contributed by atoms with Gasteiger partial charge < -0.3 is 9.84 Å². The smallest absolute Gasteiger partial charge is 0.143 e. The van der Waals surface area contributed by atoms with E-state index in [9.17, 15) is 9.50 Å². The van der Waals surface area contributed by atoms with Crippen LogP contribution >= 0.6 is 0 Å². The summed E-state index contributed by atoms with van der Waals surface area (Å²) in [5.74, 6) is 0.214. The second kappa shape index (κ2) is 5.14. The van der Waals surface area contributed by atoms with Gasteiger partial charge in [-0.2, -0.15) is 0 Å². The fourth-order valence-corrected chi connectivity index (χ4v) is 1.78. The molecular weight excluding hydrogens is 233 g/mol. The fraction of sp³-hybridized carbons (Fsp3) is 0.214. The lowest BCUT2D eigenvalue weighted by molar-refractivity contribution is 0.209. The molecule has 1 unspecified atom stereocenters. The van der Waals surface area contributed by atoms with Crippen LogP contribution in [-0.4, -0.2) is 17.2 Å². The highest BCUT2D eigenvalue weighted by Gasteiger charge is 2.17. The lowest BCUT2D eigenvalue weighted by Gasteiger charge is -2.14. The molecule has 18 heavy (non-hydrogen) atoms. The van der Waals surface area contributed by atoms with Gasteiger partial charge in [-0.1, -0.05) is 12.1 Å². The summed E-state index contributed by atoms with van der Waals surface area (Å²) in [6.45, 7) is 1.65. The van der Waals surface area contributed by atoms with Gasteiger partial charge in [0.25, 0.3) is 0 Å². The third-order valence-electron chi connectivity index (χ3n) is 2.78. The molecule has 0 aliphatic carbocycles. The van der Waals surface area contributed by atoms with Crippen LogP contribution in [0.1, 0.15) is 22.9 Å². The molecule has 0 aliphatic heterocycles. The molecule has 0 bridgehead atoms. The Kier molecular flexibility index (Phi) is 3.58. The zero-order valence-electron chi connectivity index (χ0n) is 10.2. The highest BCUT2D eigenvalue weighted by atomic mass is 19.1. The van der Waals surface area contributed by atoms with Crippen LogP contribution < -0.4 is 4.74 Å². The first kappa shape index (κ1) is 12.5. The lowest BCUT2D eigenvalue weighted by Crippen LogP contribution is -2.05. The molecule has 3 nitrogen and oxygen atoms in total. The molecule has 2 rings (SSSR count). The number of nitrogens with zero attached hydrogens (tertiary/aromatic N) is 1. The van der Waals surface area contributed by atoms with Crippen molar-refractivity contribution in [3.63, 3.8) is 0 Å². The van der Waals surface area contributed by atoms with Gasteiger partial charge in [-0.25, -0.2) is 4.39 Å². The summed E-state index contributed by atoms with van der Waals surface area (Å²) in [5, 5.41) is 10.3. The molecule has 0 aliphatic rings. The molecule has 0 spiro atoms. The van der Waals surface area contributed by atoms with Gasteiger partial charge in [0.1, 0.15) is 23.4 Å². The van der Waals surface area contributed by atoms with Crippen molar-refractivity contribution in [3.05, 3.63) is 59.2 Å². The Morgan fingerprint density at radius 3 is 2.78 bits per heavy atom. The lowest BCUT2D eigenvalue weighted by atomic mass is 10.0. The van der Waals surface area contributed by atoms with Crippen LogP contribution in [0.5, 0.6) is 5.75 Å². The minimum atomic E-state index is -0.930. The van der Waals surface area contributed by atoms with E-state index in [0.717, 1.165) is 0 Å². The van der Waals surface area contributed by atoms with Crippen LogP contribution in [0.15, 0.2) is 36.5 Å². The summed E-state index contributed by atoms with van der Waals surface area (Å²) in [5.41, 5.74) is 1.50. The third-order valence-corrected chi connectivity index (χ3v) is 2.78. The van der Waals surface area contributed by atoms with Gasteiger partial charge in [0.2, 0.25) is 0 Å². The Labute approximate surface area is 105 Å². The number of hydrogen-bond donors (Lipinski definition) is 1.